The average molecular weight is 1690 g/mol. The molecule has 0 aliphatic heterocycles. The van der Waals surface area contributed by atoms with Gasteiger partial charge < -0.3 is 22.8 Å². The molecule has 0 N–H and O–H groups in total. The van der Waals surface area contributed by atoms with Crippen LogP contribution in [0.4, 0.5) is 0 Å². The third kappa shape index (κ3) is 10.6. The molecule has 0 unspecified atom stereocenters. The smallest absolute Gasteiger partial charge is 0.160 e. The van der Waals surface area contributed by atoms with Crippen molar-refractivity contribution in [1.82, 2.24) is 32.8 Å². The standard InChI is InChI=1S/C125H85N7/c1-123(2)104-31-15-7-23-87(104)90-56-53-84(71-107(90)123)130-112-36-20-12-27-94(112)99-66-77(44-60-116(99)130)76-43-59-115-98(65-76)93-26-11-19-35-111(93)128(115)83-51-41-75(42-52-83)122-126-110-34-18-10-30-97(110)121(127-122)74-39-49-82(50-40-74)129-119-63-47-80(78-45-61-117-100(67-78)95-28-13-21-37-113(95)131(117)85-54-57-91-88-24-8-16-32-105(88)124(3,4)108(91)72-85)69-102(119)103-70-81(48-64-120(103)129)79-46-62-118-101(68-79)96-29-14-22-38-114(96)132(118)86-55-58-92-89-25-9-17-33-106(89)125(5,6)109(92)73-86/h7-73H,1-6H3. The van der Waals surface area contributed by atoms with Crippen molar-refractivity contribution in [2.45, 2.75) is 57.8 Å². The number of nitrogens with zero attached hydrogens (tertiary/aromatic N) is 7. The maximum absolute atomic E-state index is 5.54. The normalized spacial score (nSPS) is 13.9. The van der Waals surface area contributed by atoms with Crippen LogP contribution >= 0.6 is 0 Å². The molecule has 3 aliphatic rings. The minimum Gasteiger partial charge on any atom is -0.309 e. The molecule has 6 aromatic heterocycles. The fraction of sp³-hybridized carbons (Fsp3) is 0.0720. The summed E-state index contributed by atoms with van der Waals surface area (Å²) in [4.78, 5) is 10.9. The average Bonchev–Trinajstić information content (AvgIpc) is 1.56. The van der Waals surface area contributed by atoms with Gasteiger partial charge in [-0.15, -0.1) is 0 Å². The zero-order valence-electron chi connectivity index (χ0n) is 73.8. The Balaban J connectivity index is 0.532. The number of benzene rings is 19. The summed E-state index contributed by atoms with van der Waals surface area (Å²) in [5.41, 5.74) is 43.9. The maximum atomic E-state index is 5.54. The lowest BCUT2D eigenvalue weighted by atomic mass is 9.82. The van der Waals surface area contributed by atoms with E-state index in [9.17, 15) is 0 Å². The van der Waals surface area contributed by atoms with Gasteiger partial charge in [-0.3, -0.25) is 0 Å². The number of fused-ring (bicyclic) bond motifs is 25. The molecular formula is C125H85N7. The van der Waals surface area contributed by atoms with Crippen molar-refractivity contribution in [1.29, 1.82) is 0 Å². The molecular weight excluding hydrogens is 1600 g/mol. The van der Waals surface area contributed by atoms with Gasteiger partial charge in [0.15, 0.2) is 5.82 Å². The van der Waals surface area contributed by atoms with Gasteiger partial charge in [0.25, 0.3) is 0 Å². The van der Waals surface area contributed by atoms with Gasteiger partial charge in [-0.1, -0.05) is 272 Å². The molecule has 0 atom stereocenters. The predicted octanol–water partition coefficient (Wildman–Crippen LogP) is 32.4. The summed E-state index contributed by atoms with van der Waals surface area (Å²) < 4.78 is 12.3. The molecule has 25 aromatic rings. The molecule has 19 aromatic carbocycles. The first-order valence-corrected chi connectivity index (χ1v) is 46.2. The first-order chi connectivity index (χ1) is 64.7. The van der Waals surface area contributed by atoms with E-state index in [0.29, 0.717) is 5.82 Å². The van der Waals surface area contributed by atoms with Crippen LogP contribution < -0.4 is 0 Å². The number of rotatable bonds is 10. The van der Waals surface area contributed by atoms with Crippen molar-refractivity contribution in [2.75, 3.05) is 0 Å². The summed E-state index contributed by atoms with van der Waals surface area (Å²) >= 11 is 0. The summed E-state index contributed by atoms with van der Waals surface area (Å²) in [5, 5.41) is 13.1. The molecule has 0 spiro atoms. The zero-order valence-corrected chi connectivity index (χ0v) is 73.8. The van der Waals surface area contributed by atoms with Gasteiger partial charge in [0.2, 0.25) is 0 Å². The Bertz CT molecular complexity index is 9090. The van der Waals surface area contributed by atoms with Crippen molar-refractivity contribution in [3.8, 4) is 118 Å². The second-order valence-electron chi connectivity index (χ2n) is 38.3. The van der Waals surface area contributed by atoms with Crippen LogP contribution in [0.25, 0.3) is 238 Å². The monoisotopic (exact) mass is 1680 g/mol. The Labute approximate surface area is 762 Å². The zero-order chi connectivity index (χ0) is 87.5. The van der Waals surface area contributed by atoms with E-state index in [2.05, 4.69) is 471 Å². The minimum absolute atomic E-state index is 0.105. The molecule has 0 bridgehead atoms. The number of para-hydroxylation sites is 5. The fourth-order valence-electron chi connectivity index (χ4n) is 23.8. The topological polar surface area (TPSA) is 50.4 Å². The van der Waals surface area contributed by atoms with E-state index in [4.69, 9.17) is 9.97 Å². The van der Waals surface area contributed by atoms with Crippen molar-refractivity contribution < 1.29 is 0 Å². The number of aromatic nitrogens is 7. The third-order valence-electron chi connectivity index (χ3n) is 30.3. The van der Waals surface area contributed by atoms with Crippen LogP contribution in [0.2, 0.25) is 0 Å². The predicted molar refractivity (Wildman–Crippen MR) is 551 cm³/mol. The molecule has 0 saturated heterocycles. The van der Waals surface area contributed by atoms with Crippen molar-refractivity contribution in [2.24, 2.45) is 0 Å². The first kappa shape index (κ1) is 74.6. The van der Waals surface area contributed by atoms with Gasteiger partial charge in [0.05, 0.1) is 66.4 Å². The molecule has 6 heterocycles. The van der Waals surface area contributed by atoms with Crippen LogP contribution in [0, 0.1) is 0 Å². The Hall–Kier alpha value is -16.5. The Morgan fingerprint density at radius 1 is 0.167 bits per heavy atom. The highest BCUT2D eigenvalue weighted by molar-refractivity contribution is 6.17. The highest BCUT2D eigenvalue weighted by atomic mass is 15.0. The van der Waals surface area contributed by atoms with E-state index in [1.807, 2.05) is 0 Å². The molecule has 3 aliphatic carbocycles. The van der Waals surface area contributed by atoms with Gasteiger partial charge in [0.1, 0.15) is 0 Å². The van der Waals surface area contributed by atoms with Gasteiger partial charge in [-0.25, -0.2) is 9.97 Å². The SMILES string of the molecule is CC1(C)c2ccccc2-c2ccc(-n3c4ccccc4c4cc(-c5ccc6c(c5)c5ccccc5n6-c5ccc(-c6nc(-c7ccc(-n8c9ccc(-c%10ccc%11c(c%10)c%10ccccc%10n%11-c%10ccc%11c(c%10)C(C)(C)c%10ccccc%10-%11)cc9c9cc(-c%10ccc%11c(c%10)c%10ccccc%10n%11-c%10ccc%11c(c%10)C(C)(C)c%10ccccc%10-%11)ccc98)cc7)c7ccccc7n6)cc5)ccc43)cc21. The largest absolute Gasteiger partial charge is 0.309 e. The third-order valence-corrected chi connectivity index (χ3v) is 30.3. The Kier molecular flexibility index (Phi) is 15.4. The second kappa shape index (κ2) is 27.3. The first-order valence-electron chi connectivity index (χ1n) is 46.2. The minimum atomic E-state index is -0.128. The molecule has 28 rings (SSSR count). The molecule has 620 valence electrons. The molecule has 0 amide bonds. The van der Waals surface area contributed by atoms with E-state index in [1.54, 1.807) is 0 Å². The Morgan fingerprint density at radius 2 is 0.402 bits per heavy atom. The van der Waals surface area contributed by atoms with Crippen LogP contribution in [0.15, 0.2) is 406 Å². The highest BCUT2D eigenvalue weighted by Crippen LogP contribution is 2.55. The summed E-state index contributed by atoms with van der Waals surface area (Å²) in [6.45, 7) is 14.2. The van der Waals surface area contributed by atoms with E-state index >= 15 is 0 Å². The molecule has 7 nitrogen and oxygen atoms in total. The summed E-state index contributed by atoms with van der Waals surface area (Å²) in [7, 11) is 0. The lowest BCUT2D eigenvalue weighted by molar-refractivity contribution is 0.660. The maximum Gasteiger partial charge on any atom is 0.160 e. The van der Waals surface area contributed by atoms with E-state index in [1.165, 1.54) is 182 Å². The summed E-state index contributed by atoms with van der Waals surface area (Å²) in [6.07, 6.45) is 0. The second-order valence-corrected chi connectivity index (χ2v) is 38.3. The van der Waals surface area contributed by atoms with Crippen LogP contribution in [0.5, 0.6) is 0 Å². The number of hydrogen-bond donors (Lipinski definition) is 0. The van der Waals surface area contributed by atoms with Crippen LogP contribution in [-0.4, -0.2) is 32.8 Å². The summed E-state index contributed by atoms with van der Waals surface area (Å²) in [6, 6.07) is 152. The van der Waals surface area contributed by atoms with Gasteiger partial charge in [-0.05, 0) is 276 Å². The Morgan fingerprint density at radius 3 is 0.727 bits per heavy atom. The fourth-order valence-corrected chi connectivity index (χ4v) is 23.8. The molecule has 0 saturated carbocycles. The van der Waals surface area contributed by atoms with Crippen LogP contribution in [-0.2, 0) is 16.2 Å². The van der Waals surface area contributed by atoms with Crippen molar-refractivity contribution >= 4 is 120 Å². The molecule has 0 fully saturated rings. The van der Waals surface area contributed by atoms with Crippen molar-refractivity contribution in [3.05, 3.63) is 440 Å². The molecule has 132 heavy (non-hydrogen) atoms. The van der Waals surface area contributed by atoms with E-state index in [-0.39, 0.29) is 16.2 Å². The van der Waals surface area contributed by atoms with Crippen molar-refractivity contribution in [3.63, 3.8) is 0 Å². The lowest BCUT2D eigenvalue weighted by Crippen LogP contribution is -2.15. The van der Waals surface area contributed by atoms with E-state index in [0.717, 1.165) is 83.4 Å². The number of hydrogen-bond acceptors (Lipinski definition) is 2. The van der Waals surface area contributed by atoms with Crippen LogP contribution in [0.3, 0.4) is 0 Å². The van der Waals surface area contributed by atoms with E-state index < -0.39 is 0 Å². The van der Waals surface area contributed by atoms with Gasteiger partial charge in [-0.2, -0.15) is 0 Å². The quantitative estimate of drug-likeness (QED) is 0.137. The lowest BCUT2D eigenvalue weighted by Gasteiger charge is -2.22. The van der Waals surface area contributed by atoms with Gasteiger partial charge >= 0.3 is 0 Å². The van der Waals surface area contributed by atoms with Crippen LogP contribution in [0.1, 0.15) is 74.9 Å². The summed E-state index contributed by atoms with van der Waals surface area (Å²) in [5.74, 6) is 0.668. The molecule has 7 heteroatoms. The molecule has 0 radical (unpaired) electrons. The van der Waals surface area contributed by atoms with Gasteiger partial charge in [0, 0.05) is 115 Å². The highest BCUT2D eigenvalue weighted by Gasteiger charge is 2.39.